The maximum absolute atomic E-state index is 11.8. The SMILES string of the molecule is O=C(COCc1ccccc1)C1SCCCS1. The van der Waals surface area contributed by atoms with Crippen molar-refractivity contribution in [2.45, 2.75) is 17.6 Å². The number of benzene rings is 1. The Kier molecular flexibility index (Phi) is 5.42. The Morgan fingerprint density at radius 3 is 2.65 bits per heavy atom. The average molecular weight is 268 g/mol. The van der Waals surface area contributed by atoms with E-state index in [1.807, 2.05) is 30.3 Å². The van der Waals surface area contributed by atoms with E-state index in [-0.39, 0.29) is 17.0 Å². The molecule has 0 radical (unpaired) electrons. The summed E-state index contributed by atoms with van der Waals surface area (Å²) in [6, 6.07) is 9.95. The lowest BCUT2D eigenvalue weighted by molar-refractivity contribution is -0.122. The van der Waals surface area contributed by atoms with Gasteiger partial charge in [0.2, 0.25) is 0 Å². The van der Waals surface area contributed by atoms with Crippen LogP contribution in [0, 0.1) is 0 Å². The number of thioether (sulfide) groups is 2. The molecule has 0 atom stereocenters. The van der Waals surface area contributed by atoms with E-state index in [1.165, 1.54) is 6.42 Å². The lowest BCUT2D eigenvalue weighted by Crippen LogP contribution is -2.22. The van der Waals surface area contributed by atoms with Gasteiger partial charge in [-0.3, -0.25) is 4.79 Å². The van der Waals surface area contributed by atoms with E-state index in [2.05, 4.69) is 0 Å². The minimum atomic E-state index is 0.0968. The Hall–Kier alpha value is -0.450. The van der Waals surface area contributed by atoms with Crippen molar-refractivity contribution in [2.24, 2.45) is 0 Å². The molecule has 1 saturated heterocycles. The summed E-state index contributed by atoms with van der Waals surface area (Å²) >= 11 is 3.50. The fourth-order valence-electron chi connectivity index (χ4n) is 1.59. The Morgan fingerprint density at radius 2 is 1.94 bits per heavy atom. The molecule has 0 amide bonds. The number of ketones is 1. The number of rotatable bonds is 5. The first-order valence-electron chi connectivity index (χ1n) is 5.74. The normalized spacial score (nSPS) is 16.9. The molecule has 0 saturated carbocycles. The van der Waals surface area contributed by atoms with E-state index in [4.69, 9.17) is 4.74 Å². The summed E-state index contributed by atoms with van der Waals surface area (Å²) in [6.45, 7) is 0.758. The van der Waals surface area contributed by atoms with Crippen molar-refractivity contribution in [2.75, 3.05) is 18.1 Å². The second kappa shape index (κ2) is 7.09. The van der Waals surface area contributed by atoms with Crippen molar-refractivity contribution in [1.82, 2.24) is 0 Å². The van der Waals surface area contributed by atoms with Crippen LogP contribution >= 0.6 is 23.5 Å². The van der Waals surface area contributed by atoms with E-state index in [1.54, 1.807) is 23.5 Å². The molecule has 1 fully saturated rings. The highest BCUT2D eigenvalue weighted by Gasteiger charge is 2.21. The molecule has 0 unspecified atom stereocenters. The van der Waals surface area contributed by atoms with Crippen LogP contribution < -0.4 is 0 Å². The number of hydrogen-bond donors (Lipinski definition) is 0. The Morgan fingerprint density at radius 1 is 1.24 bits per heavy atom. The van der Waals surface area contributed by atoms with Gasteiger partial charge in [0.15, 0.2) is 5.78 Å². The minimum Gasteiger partial charge on any atom is -0.369 e. The zero-order valence-electron chi connectivity index (χ0n) is 9.63. The summed E-state index contributed by atoms with van der Waals surface area (Å²) in [7, 11) is 0. The van der Waals surface area contributed by atoms with Crippen molar-refractivity contribution in [3.8, 4) is 0 Å². The first-order valence-corrected chi connectivity index (χ1v) is 7.83. The number of carbonyl (C=O) groups is 1. The lowest BCUT2D eigenvalue weighted by Gasteiger charge is -2.19. The molecule has 2 nitrogen and oxygen atoms in total. The van der Waals surface area contributed by atoms with Crippen LogP contribution in [0.25, 0.3) is 0 Å². The van der Waals surface area contributed by atoms with Crippen LogP contribution in [-0.2, 0) is 16.1 Å². The Labute approximate surface area is 111 Å². The molecule has 1 aliphatic rings. The smallest absolute Gasteiger partial charge is 0.181 e. The number of Topliss-reactive ketones (excluding diaryl/α,β-unsaturated/α-hetero) is 1. The fraction of sp³-hybridized carbons (Fsp3) is 0.462. The van der Waals surface area contributed by atoms with Crippen molar-refractivity contribution >= 4 is 29.3 Å². The molecule has 1 heterocycles. The minimum absolute atomic E-state index is 0.0968. The van der Waals surface area contributed by atoms with Gasteiger partial charge in [-0.25, -0.2) is 0 Å². The highest BCUT2D eigenvalue weighted by atomic mass is 32.2. The molecule has 1 aromatic rings. The molecular weight excluding hydrogens is 252 g/mol. The topological polar surface area (TPSA) is 26.3 Å². The van der Waals surface area contributed by atoms with Gasteiger partial charge >= 0.3 is 0 Å². The molecule has 92 valence electrons. The third-order valence-corrected chi connectivity index (χ3v) is 5.44. The van der Waals surface area contributed by atoms with Gasteiger partial charge in [-0.15, -0.1) is 23.5 Å². The van der Waals surface area contributed by atoms with Crippen LogP contribution in [0.15, 0.2) is 30.3 Å². The maximum Gasteiger partial charge on any atom is 0.181 e. The van der Waals surface area contributed by atoms with Gasteiger partial charge in [0.1, 0.15) is 11.2 Å². The van der Waals surface area contributed by atoms with Crippen LogP contribution in [-0.4, -0.2) is 28.5 Å². The number of carbonyl (C=O) groups excluding carboxylic acids is 1. The van der Waals surface area contributed by atoms with Crippen LogP contribution in [0.5, 0.6) is 0 Å². The van der Waals surface area contributed by atoms with Gasteiger partial charge in [-0.1, -0.05) is 30.3 Å². The van der Waals surface area contributed by atoms with Crippen molar-refractivity contribution in [3.63, 3.8) is 0 Å². The quantitative estimate of drug-likeness (QED) is 0.820. The Balaban J connectivity index is 1.69. The highest BCUT2D eigenvalue weighted by Crippen LogP contribution is 2.31. The maximum atomic E-state index is 11.8. The number of hydrogen-bond acceptors (Lipinski definition) is 4. The van der Waals surface area contributed by atoms with E-state index in [0.717, 1.165) is 17.1 Å². The van der Waals surface area contributed by atoms with Gasteiger partial charge in [0, 0.05) is 0 Å². The summed E-state index contributed by atoms with van der Waals surface area (Å²) in [5.41, 5.74) is 1.12. The summed E-state index contributed by atoms with van der Waals surface area (Å²) in [5, 5.41) is 0. The molecule has 0 bridgehead atoms. The predicted molar refractivity (Wildman–Crippen MR) is 74.4 cm³/mol. The van der Waals surface area contributed by atoms with Gasteiger partial charge in [0.25, 0.3) is 0 Å². The first kappa shape index (κ1) is 13.0. The monoisotopic (exact) mass is 268 g/mol. The van der Waals surface area contributed by atoms with E-state index in [9.17, 15) is 4.79 Å². The Bertz CT molecular complexity index is 348. The van der Waals surface area contributed by atoms with Gasteiger partial charge in [-0.05, 0) is 23.5 Å². The molecule has 1 aliphatic heterocycles. The second-order valence-corrected chi connectivity index (χ2v) is 6.60. The molecule has 1 aromatic carbocycles. The van der Waals surface area contributed by atoms with Crippen molar-refractivity contribution in [3.05, 3.63) is 35.9 Å². The van der Waals surface area contributed by atoms with E-state index >= 15 is 0 Å². The zero-order valence-corrected chi connectivity index (χ0v) is 11.3. The highest BCUT2D eigenvalue weighted by molar-refractivity contribution is 8.18. The van der Waals surface area contributed by atoms with Crippen LogP contribution in [0.2, 0.25) is 0 Å². The molecule has 0 aliphatic carbocycles. The average Bonchev–Trinajstić information content (AvgIpc) is 2.41. The first-order chi connectivity index (χ1) is 8.36. The molecular formula is C13H16O2S2. The van der Waals surface area contributed by atoms with Crippen LogP contribution in [0.4, 0.5) is 0 Å². The molecule has 0 spiro atoms. The van der Waals surface area contributed by atoms with E-state index in [0.29, 0.717) is 6.61 Å². The summed E-state index contributed by atoms with van der Waals surface area (Å²) in [4.78, 5) is 11.8. The second-order valence-electron chi connectivity index (χ2n) is 3.87. The molecule has 17 heavy (non-hydrogen) atoms. The zero-order chi connectivity index (χ0) is 11.9. The van der Waals surface area contributed by atoms with Gasteiger partial charge in [-0.2, -0.15) is 0 Å². The lowest BCUT2D eigenvalue weighted by atomic mass is 10.2. The van der Waals surface area contributed by atoms with Crippen LogP contribution in [0.3, 0.4) is 0 Å². The summed E-state index contributed by atoms with van der Waals surface area (Å²) < 4.78 is 5.56. The molecule has 2 rings (SSSR count). The predicted octanol–water partition coefficient (Wildman–Crippen LogP) is 2.97. The van der Waals surface area contributed by atoms with E-state index < -0.39 is 0 Å². The molecule has 0 N–H and O–H groups in total. The third kappa shape index (κ3) is 4.37. The van der Waals surface area contributed by atoms with Gasteiger partial charge < -0.3 is 4.74 Å². The van der Waals surface area contributed by atoms with Crippen LogP contribution in [0.1, 0.15) is 12.0 Å². The summed E-state index contributed by atoms with van der Waals surface area (Å²) in [6.07, 6.45) is 1.21. The molecule has 0 aromatic heterocycles. The molecule has 4 heteroatoms. The third-order valence-electron chi connectivity index (χ3n) is 2.45. The number of ether oxygens (including phenoxy) is 1. The fourth-order valence-corrected chi connectivity index (χ4v) is 4.29. The van der Waals surface area contributed by atoms with Crippen molar-refractivity contribution in [1.29, 1.82) is 0 Å². The van der Waals surface area contributed by atoms with Gasteiger partial charge in [0.05, 0.1) is 6.61 Å². The van der Waals surface area contributed by atoms with Crippen molar-refractivity contribution < 1.29 is 9.53 Å². The summed E-state index contributed by atoms with van der Waals surface area (Å²) in [5.74, 6) is 2.42. The standard InChI is InChI=1S/C13H16O2S2/c14-12(13-16-7-4-8-17-13)10-15-9-11-5-2-1-3-6-11/h1-3,5-6,13H,4,7-10H2. The largest absolute Gasteiger partial charge is 0.369 e.